The fourth-order valence-electron chi connectivity index (χ4n) is 2.05. The number of benzene rings is 1. The van der Waals surface area contributed by atoms with Gasteiger partial charge in [-0.15, -0.1) is 23.7 Å². The van der Waals surface area contributed by atoms with Crippen molar-refractivity contribution >= 4 is 29.7 Å². The molecule has 7 heteroatoms. The first kappa shape index (κ1) is 18.4. The summed E-state index contributed by atoms with van der Waals surface area (Å²) in [6, 6.07) is 5.72. The van der Waals surface area contributed by atoms with Gasteiger partial charge >= 0.3 is 0 Å². The number of aromatic nitrogens is 1. The molecule has 1 unspecified atom stereocenters. The van der Waals surface area contributed by atoms with Gasteiger partial charge in [0, 0.05) is 17.5 Å². The summed E-state index contributed by atoms with van der Waals surface area (Å²) < 4.78 is 5.35. The van der Waals surface area contributed by atoms with Gasteiger partial charge in [-0.3, -0.25) is 4.79 Å². The van der Waals surface area contributed by atoms with Gasteiger partial charge in [-0.25, -0.2) is 4.98 Å². The maximum absolute atomic E-state index is 12.2. The van der Waals surface area contributed by atoms with Crippen molar-refractivity contribution in [3.8, 4) is 5.75 Å². The predicted octanol–water partition coefficient (Wildman–Crippen LogP) is 2.83. The Kier molecular flexibility index (Phi) is 6.80. The molecular weight excluding hydrogens is 322 g/mol. The number of carbonyl (C=O) groups excluding carboxylic acids is 1. The highest BCUT2D eigenvalue weighted by Gasteiger charge is 2.17. The number of aryl methyl sites for hydroxylation is 1. The SMILES string of the molecule is COc1ccc(C)cc1C(C)NC(=O)c1csc(CN)n1.Cl. The molecule has 0 saturated heterocycles. The van der Waals surface area contributed by atoms with Gasteiger partial charge in [-0.2, -0.15) is 0 Å². The van der Waals surface area contributed by atoms with Crippen molar-refractivity contribution in [3.05, 3.63) is 45.4 Å². The van der Waals surface area contributed by atoms with E-state index >= 15 is 0 Å². The molecule has 1 aromatic heterocycles. The lowest BCUT2D eigenvalue weighted by molar-refractivity contribution is 0.0935. The largest absolute Gasteiger partial charge is 0.496 e. The number of nitrogens with zero attached hydrogens (tertiary/aromatic N) is 1. The summed E-state index contributed by atoms with van der Waals surface area (Å²) in [7, 11) is 1.62. The first-order chi connectivity index (χ1) is 10.0. The zero-order valence-electron chi connectivity index (χ0n) is 12.8. The first-order valence-electron chi connectivity index (χ1n) is 6.65. The fourth-order valence-corrected chi connectivity index (χ4v) is 2.70. The van der Waals surface area contributed by atoms with Crippen LogP contribution in [0.25, 0.3) is 0 Å². The molecule has 0 spiro atoms. The summed E-state index contributed by atoms with van der Waals surface area (Å²) in [5.74, 6) is 0.552. The van der Waals surface area contributed by atoms with Crippen LogP contribution in [-0.4, -0.2) is 18.0 Å². The van der Waals surface area contributed by atoms with Gasteiger partial charge in [0.2, 0.25) is 0 Å². The monoisotopic (exact) mass is 341 g/mol. The lowest BCUT2D eigenvalue weighted by atomic mass is 10.0. The number of nitrogens with one attached hydrogen (secondary N) is 1. The lowest BCUT2D eigenvalue weighted by Gasteiger charge is -2.17. The number of nitrogens with two attached hydrogens (primary N) is 1. The molecule has 120 valence electrons. The number of rotatable bonds is 5. The molecule has 2 aromatic rings. The Labute approximate surface area is 140 Å². The standard InChI is InChI=1S/C15H19N3O2S.ClH/c1-9-4-5-13(20-3)11(6-9)10(2)17-15(19)12-8-21-14(7-16)18-12;/h4-6,8,10H,7,16H2,1-3H3,(H,17,19);1H. The molecule has 0 fully saturated rings. The van der Waals surface area contributed by atoms with Crippen LogP contribution >= 0.6 is 23.7 Å². The molecule has 0 saturated carbocycles. The van der Waals surface area contributed by atoms with Crippen molar-refractivity contribution in [3.63, 3.8) is 0 Å². The number of hydrogen-bond donors (Lipinski definition) is 2. The van der Waals surface area contributed by atoms with Crippen LogP contribution in [0.2, 0.25) is 0 Å². The van der Waals surface area contributed by atoms with E-state index in [4.69, 9.17) is 10.5 Å². The van der Waals surface area contributed by atoms with E-state index in [1.807, 2.05) is 32.0 Å². The fraction of sp³-hybridized carbons (Fsp3) is 0.333. The van der Waals surface area contributed by atoms with Crippen molar-refractivity contribution in [1.82, 2.24) is 10.3 Å². The zero-order chi connectivity index (χ0) is 15.4. The summed E-state index contributed by atoms with van der Waals surface area (Å²) in [6.45, 7) is 4.27. The van der Waals surface area contributed by atoms with E-state index < -0.39 is 0 Å². The van der Waals surface area contributed by atoms with Crippen molar-refractivity contribution in [2.45, 2.75) is 26.4 Å². The minimum Gasteiger partial charge on any atom is -0.496 e. The molecule has 0 aliphatic heterocycles. The van der Waals surface area contributed by atoms with Crippen LogP contribution in [0.4, 0.5) is 0 Å². The average Bonchev–Trinajstić information content (AvgIpc) is 2.96. The van der Waals surface area contributed by atoms with Crippen molar-refractivity contribution in [1.29, 1.82) is 0 Å². The minimum absolute atomic E-state index is 0. The van der Waals surface area contributed by atoms with Gasteiger partial charge in [0.15, 0.2) is 0 Å². The normalized spacial score (nSPS) is 11.5. The third kappa shape index (κ3) is 4.19. The average molecular weight is 342 g/mol. The number of thiazole rings is 1. The minimum atomic E-state index is -0.206. The molecule has 5 nitrogen and oxygen atoms in total. The van der Waals surface area contributed by atoms with E-state index in [0.29, 0.717) is 12.2 Å². The number of ether oxygens (including phenoxy) is 1. The second kappa shape index (κ2) is 8.12. The van der Waals surface area contributed by atoms with Gasteiger partial charge in [0.1, 0.15) is 16.5 Å². The Bertz CT molecular complexity index is 645. The highest BCUT2D eigenvalue weighted by Crippen LogP contribution is 2.26. The van der Waals surface area contributed by atoms with Crippen LogP contribution in [0.5, 0.6) is 5.75 Å². The summed E-state index contributed by atoms with van der Waals surface area (Å²) >= 11 is 1.39. The molecule has 1 atom stereocenters. The summed E-state index contributed by atoms with van der Waals surface area (Å²) in [5.41, 5.74) is 7.97. The number of carbonyl (C=O) groups is 1. The Balaban J connectivity index is 0.00000242. The van der Waals surface area contributed by atoms with Crippen molar-refractivity contribution in [2.24, 2.45) is 5.73 Å². The van der Waals surface area contributed by atoms with Crippen LogP contribution in [0, 0.1) is 6.92 Å². The maximum Gasteiger partial charge on any atom is 0.271 e. The molecule has 0 aliphatic rings. The highest BCUT2D eigenvalue weighted by atomic mass is 35.5. The van der Waals surface area contributed by atoms with Crippen LogP contribution in [0.1, 0.15) is 39.6 Å². The van der Waals surface area contributed by atoms with E-state index in [1.54, 1.807) is 12.5 Å². The first-order valence-corrected chi connectivity index (χ1v) is 7.53. The quantitative estimate of drug-likeness (QED) is 0.876. The predicted molar refractivity (Wildman–Crippen MR) is 90.9 cm³/mol. The van der Waals surface area contributed by atoms with Crippen LogP contribution in [-0.2, 0) is 6.54 Å². The molecule has 0 radical (unpaired) electrons. The molecule has 0 bridgehead atoms. The van der Waals surface area contributed by atoms with Crippen molar-refractivity contribution < 1.29 is 9.53 Å². The highest BCUT2D eigenvalue weighted by molar-refractivity contribution is 7.09. The molecule has 1 aromatic carbocycles. The number of halogens is 1. The van der Waals surface area contributed by atoms with Crippen LogP contribution < -0.4 is 15.8 Å². The van der Waals surface area contributed by atoms with Gasteiger partial charge < -0.3 is 15.8 Å². The topological polar surface area (TPSA) is 77.2 Å². The summed E-state index contributed by atoms with van der Waals surface area (Å²) in [6.07, 6.45) is 0. The van der Waals surface area contributed by atoms with Gasteiger partial charge in [-0.05, 0) is 19.9 Å². The second-order valence-corrected chi connectivity index (χ2v) is 5.71. The van der Waals surface area contributed by atoms with E-state index in [2.05, 4.69) is 10.3 Å². The van der Waals surface area contributed by atoms with Crippen LogP contribution in [0.3, 0.4) is 0 Å². The molecule has 3 N–H and O–H groups in total. The second-order valence-electron chi connectivity index (χ2n) is 4.77. The number of hydrogen-bond acceptors (Lipinski definition) is 5. The molecular formula is C15H20ClN3O2S. The van der Waals surface area contributed by atoms with E-state index in [1.165, 1.54) is 11.3 Å². The van der Waals surface area contributed by atoms with Crippen molar-refractivity contribution in [2.75, 3.05) is 7.11 Å². The molecule has 22 heavy (non-hydrogen) atoms. The Morgan fingerprint density at radius 2 is 2.23 bits per heavy atom. The third-order valence-corrected chi connectivity index (χ3v) is 4.03. The van der Waals surface area contributed by atoms with E-state index in [-0.39, 0.29) is 24.4 Å². The number of amides is 1. The van der Waals surface area contributed by atoms with E-state index in [9.17, 15) is 4.79 Å². The third-order valence-electron chi connectivity index (χ3n) is 3.16. The van der Waals surface area contributed by atoms with E-state index in [0.717, 1.165) is 21.9 Å². The molecule has 1 amide bonds. The van der Waals surface area contributed by atoms with Gasteiger partial charge in [0.05, 0.1) is 13.2 Å². The number of methoxy groups -OCH3 is 1. The summed E-state index contributed by atoms with van der Waals surface area (Å²) in [5, 5.41) is 5.41. The lowest BCUT2D eigenvalue weighted by Crippen LogP contribution is -2.27. The zero-order valence-corrected chi connectivity index (χ0v) is 14.4. The molecule has 1 heterocycles. The summed E-state index contributed by atoms with van der Waals surface area (Å²) in [4.78, 5) is 16.4. The Hall–Kier alpha value is -1.63. The van der Waals surface area contributed by atoms with Gasteiger partial charge in [-0.1, -0.05) is 17.7 Å². The molecule has 0 aliphatic carbocycles. The van der Waals surface area contributed by atoms with Gasteiger partial charge in [0.25, 0.3) is 5.91 Å². The molecule has 2 rings (SSSR count). The van der Waals surface area contributed by atoms with Crippen LogP contribution in [0.15, 0.2) is 23.6 Å². The Morgan fingerprint density at radius 3 is 2.82 bits per heavy atom. The smallest absolute Gasteiger partial charge is 0.271 e. The maximum atomic E-state index is 12.2. The Morgan fingerprint density at radius 1 is 1.50 bits per heavy atom.